The molecule has 1 aromatic carbocycles. The molecule has 0 aliphatic rings. The highest BCUT2D eigenvalue weighted by molar-refractivity contribution is 5.47. The van der Waals surface area contributed by atoms with E-state index in [1.54, 1.807) is 6.07 Å². The fourth-order valence-electron chi connectivity index (χ4n) is 1.31. The van der Waals surface area contributed by atoms with Crippen molar-refractivity contribution in [1.29, 1.82) is 0 Å². The lowest BCUT2D eigenvalue weighted by molar-refractivity contribution is -0.385. The van der Waals surface area contributed by atoms with E-state index < -0.39 is 4.92 Å². The average molecular weight is 211 g/mol. The standard InChI is InChI=1S/C10H13NO3.CH4/c1-7(2)5-8-3-4-10(12)9(6-8)11(13)14;/h3-4,6-7,12H,5H2,1-2H3;1H4. The molecule has 0 heterocycles. The average Bonchev–Trinajstić information content (AvgIpc) is 2.07. The van der Waals surface area contributed by atoms with Crippen molar-refractivity contribution < 1.29 is 10.0 Å². The minimum atomic E-state index is -0.570. The molecule has 0 fully saturated rings. The Labute approximate surface area is 89.7 Å². The third-order valence-corrected chi connectivity index (χ3v) is 1.88. The van der Waals surface area contributed by atoms with Crippen LogP contribution in [0.1, 0.15) is 26.8 Å². The number of hydrogen-bond donors (Lipinski definition) is 1. The summed E-state index contributed by atoms with van der Waals surface area (Å²) < 4.78 is 0. The van der Waals surface area contributed by atoms with Gasteiger partial charge in [0.25, 0.3) is 0 Å². The van der Waals surface area contributed by atoms with Crippen LogP contribution in [0.2, 0.25) is 0 Å². The molecule has 15 heavy (non-hydrogen) atoms. The molecule has 0 saturated heterocycles. The second-order valence-electron chi connectivity index (χ2n) is 3.68. The summed E-state index contributed by atoms with van der Waals surface area (Å²) in [6.07, 6.45) is 0.779. The predicted molar refractivity (Wildman–Crippen MR) is 60.0 cm³/mol. The minimum Gasteiger partial charge on any atom is -0.502 e. The van der Waals surface area contributed by atoms with Crippen molar-refractivity contribution in [1.82, 2.24) is 0 Å². The highest BCUT2D eigenvalue weighted by Crippen LogP contribution is 2.27. The Bertz CT molecular complexity index is 348. The Morgan fingerprint density at radius 2 is 2.07 bits per heavy atom. The van der Waals surface area contributed by atoms with Gasteiger partial charge in [-0.25, -0.2) is 0 Å². The molecule has 1 N–H and O–H groups in total. The largest absolute Gasteiger partial charge is 0.502 e. The smallest absolute Gasteiger partial charge is 0.310 e. The van der Waals surface area contributed by atoms with Crippen LogP contribution in [0.4, 0.5) is 5.69 Å². The van der Waals surface area contributed by atoms with Gasteiger partial charge in [-0.3, -0.25) is 10.1 Å². The number of phenolic OH excluding ortho intramolecular Hbond substituents is 1. The molecule has 1 rings (SSSR count). The van der Waals surface area contributed by atoms with Crippen LogP contribution in [0.25, 0.3) is 0 Å². The topological polar surface area (TPSA) is 63.4 Å². The number of nitro benzene ring substituents is 1. The number of benzene rings is 1. The van der Waals surface area contributed by atoms with Crippen LogP contribution in [-0.2, 0) is 6.42 Å². The van der Waals surface area contributed by atoms with Crippen LogP contribution in [-0.4, -0.2) is 10.0 Å². The Balaban J connectivity index is 0.00000196. The molecule has 0 aliphatic heterocycles. The maximum atomic E-state index is 10.5. The van der Waals surface area contributed by atoms with Crippen molar-refractivity contribution in [2.24, 2.45) is 5.92 Å². The first-order valence-electron chi connectivity index (χ1n) is 4.47. The monoisotopic (exact) mass is 211 g/mol. The molecular formula is C11H17NO3. The number of hydrogen-bond acceptors (Lipinski definition) is 3. The van der Waals surface area contributed by atoms with E-state index in [1.807, 2.05) is 13.8 Å². The van der Waals surface area contributed by atoms with E-state index in [4.69, 9.17) is 0 Å². The first kappa shape index (κ1) is 13.4. The van der Waals surface area contributed by atoms with Gasteiger partial charge in [0.1, 0.15) is 0 Å². The Morgan fingerprint density at radius 1 is 1.47 bits per heavy atom. The van der Waals surface area contributed by atoms with Gasteiger partial charge in [0.2, 0.25) is 0 Å². The zero-order chi connectivity index (χ0) is 10.7. The SMILES string of the molecule is C.CC(C)Cc1ccc(O)c([N+](=O)[O-])c1. The molecule has 0 bridgehead atoms. The second-order valence-corrected chi connectivity index (χ2v) is 3.68. The normalized spacial score (nSPS) is 9.80. The molecule has 4 nitrogen and oxygen atoms in total. The molecule has 0 radical (unpaired) electrons. The van der Waals surface area contributed by atoms with E-state index in [9.17, 15) is 15.2 Å². The van der Waals surface area contributed by atoms with Gasteiger partial charge < -0.3 is 5.11 Å². The summed E-state index contributed by atoms with van der Waals surface area (Å²) in [4.78, 5) is 9.94. The first-order valence-corrected chi connectivity index (χ1v) is 4.47. The molecule has 0 saturated carbocycles. The highest BCUT2D eigenvalue weighted by Gasteiger charge is 2.13. The molecule has 0 aromatic heterocycles. The Hall–Kier alpha value is -1.58. The molecule has 1 aromatic rings. The lowest BCUT2D eigenvalue weighted by atomic mass is 10.0. The fraction of sp³-hybridized carbons (Fsp3) is 0.455. The quantitative estimate of drug-likeness (QED) is 0.617. The number of rotatable bonds is 3. The van der Waals surface area contributed by atoms with E-state index in [1.165, 1.54) is 12.1 Å². The zero-order valence-electron chi connectivity index (χ0n) is 8.23. The van der Waals surface area contributed by atoms with Crippen LogP contribution in [0.15, 0.2) is 18.2 Å². The molecule has 84 valence electrons. The maximum Gasteiger partial charge on any atom is 0.310 e. The van der Waals surface area contributed by atoms with Crippen molar-refractivity contribution in [2.45, 2.75) is 27.7 Å². The third-order valence-electron chi connectivity index (χ3n) is 1.88. The summed E-state index contributed by atoms with van der Waals surface area (Å²) in [6.45, 7) is 4.08. The maximum absolute atomic E-state index is 10.5. The lowest BCUT2D eigenvalue weighted by Crippen LogP contribution is -1.96. The van der Waals surface area contributed by atoms with Crippen LogP contribution in [0.3, 0.4) is 0 Å². The van der Waals surface area contributed by atoms with Crippen LogP contribution < -0.4 is 0 Å². The van der Waals surface area contributed by atoms with E-state index in [-0.39, 0.29) is 18.9 Å². The first-order chi connectivity index (χ1) is 6.50. The van der Waals surface area contributed by atoms with Gasteiger partial charge in [0.15, 0.2) is 5.75 Å². The van der Waals surface area contributed by atoms with Crippen LogP contribution in [0.5, 0.6) is 5.75 Å². The van der Waals surface area contributed by atoms with E-state index in [0.29, 0.717) is 5.92 Å². The van der Waals surface area contributed by atoms with E-state index >= 15 is 0 Å². The van der Waals surface area contributed by atoms with Gasteiger partial charge in [-0.1, -0.05) is 27.3 Å². The summed E-state index contributed by atoms with van der Waals surface area (Å²) in [6, 6.07) is 4.51. The molecule has 0 atom stereocenters. The highest BCUT2D eigenvalue weighted by atomic mass is 16.6. The summed E-state index contributed by atoms with van der Waals surface area (Å²) in [5.41, 5.74) is 0.660. The van der Waals surface area contributed by atoms with Crippen molar-refractivity contribution in [3.63, 3.8) is 0 Å². The second kappa shape index (κ2) is 5.34. The summed E-state index contributed by atoms with van der Waals surface area (Å²) in [5.74, 6) is 0.168. The van der Waals surface area contributed by atoms with Crippen LogP contribution >= 0.6 is 0 Å². The van der Waals surface area contributed by atoms with Gasteiger partial charge in [-0.15, -0.1) is 0 Å². The molecule has 0 amide bonds. The minimum absolute atomic E-state index is 0. The Kier molecular flexibility index (Phi) is 4.78. The molecular weight excluding hydrogens is 194 g/mol. The van der Waals surface area contributed by atoms with Gasteiger partial charge in [-0.2, -0.15) is 0 Å². The number of aromatic hydroxyl groups is 1. The summed E-state index contributed by atoms with van der Waals surface area (Å²) in [5, 5.41) is 19.7. The molecule has 0 aliphatic carbocycles. The molecule has 4 heteroatoms. The number of nitro groups is 1. The van der Waals surface area contributed by atoms with E-state index in [0.717, 1.165) is 12.0 Å². The third kappa shape index (κ3) is 3.58. The molecule has 0 unspecified atom stereocenters. The van der Waals surface area contributed by atoms with E-state index in [2.05, 4.69) is 0 Å². The van der Waals surface area contributed by atoms with Gasteiger partial charge >= 0.3 is 5.69 Å². The number of phenols is 1. The van der Waals surface area contributed by atoms with Crippen molar-refractivity contribution >= 4 is 5.69 Å². The zero-order valence-corrected chi connectivity index (χ0v) is 8.23. The number of nitrogens with zero attached hydrogens (tertiary/aromatic N) is 1. The predicted octanol–water partition coefficient (Wildman–Crippen LogP) is 3.14. The fourth-order valence-corrected chi connectivity index (χ4v) is 1.31. The van der Waals surface area contributed by atoms with Crippen molar-refractivity contribution in [2.75, 3.05) is 0 Å². The van der Waals surface area contributed by atoms with Gasteiger partial charge in [0.05, 0.1) is 4.92 Å². The van der Waals surface area contributed by atoms with Gasteiger partial charge in [0, 0.05) is 6.07 Å². The van der Waals surface area contributed by atoms with Crippen molar-refractivity contribution in [3.8, 4) is 5.75 Å². The van der Waals surface area contributed by atoms with Crippen LogP contribution in [0, 0.1) is 16.0 Å². The lowest BCUT2D eigenvalue weighted by Gasteiger charge is -2.04. The van der Waals surface area contributed by atoms with Gasteiger partial charge in [-0.05, 0) is 24.0 Å². The summed E-state index contributed by atoms with van der Waals surface area (Å²) >= 11 is 0. The Morgan fingerprint density at radius 3 is 2.53 bits per heavy atom. The summed E-state index contributed by atoms with van der Waals surface area (Å²) in [7, 11) is 0. The molecule has 0 spiro atoms. The van der Waals surface area contributed by atoms with Crippen molar-refractivity contribution in [3.05, 3.63) is 33.9 Å².